The summed E-state index contributed by atoms with van der Waals surface area (Å²) in [6.07, 6.45) is 3.91. The summed E-state index contributed by atoms with van der Waals surface area (Å²) in [6.45, 7) is 3.37. The molecule has 1 N–H and O–H groups in total. The number of carbonyl (C=O) groups is 1. The van der Waals surface area contributed by atoms with Crippen molar-refractivity contribution in [2.75, 3.05) is 5.32 Å². The monoisotopic (exact) mass is 461 g/mol. The van der Waals surface area contributed by atoms with Crippen LogP contribution in [0.3, 0.4) is 0 Å². The lowest BCUT2D eigenvalue weighted by Gasteiger charge is -2.25. The summed E-state index contributed by atoms with van der Waals surface area (Å²) in [4.78, 5) is 32.2. The lowest BCUT2D eigenvalue weighted by Crippen LogP contribution is -2.47. The molecule has 0 fully saturated rings. The Morgan fingerprint density at radius 2 is 1.91 bits per heavy atom. The zero-order valence-corrected chi connectivity index (χ0v) is 19.0. The minimum Gasteiger partial charge on any atom is -0.324 e. The molecule has 0 atom stereocenters. The van der Waals surface area contributed by atoms with Crippen molar-refractivity contribution in [1.29, 1.82) is 0 Å². The smallest absolute Gasteiger partial charge is 0.267 e. The molecule has 1 amide bonds. The van der Waals surface area contributed by atoms with E-state index in [-0.39, 0.29) is 11.5 Å². The van der Waals surface area contributed by atoms with Crippen LogP contribution in [0.1, 0.15) is 13.8 Å². The first kappa shape index (κ1) is 20.3. The molecular formula is C23H19N5O2S2. The highest BCUT2D eigenvalue weighted by Crippen LogP contribution is 2.26. The zero-order chi connectivity index (χ0) is 22.3. The molecule has 4 aromatic heterocycles. The second kappa shape index (κ2) is 7.85. The van der Waals surface area contributed by atoms with Crippen LogP contribution in [-0.4, -0.2) is 25.1 Å². The molecular weight excluding hydrogens is 442 g/mol. The standard InChI is InChI=1S/C23H19N5O2S2/c1-23(2,28-20(29)9-8-17(26-28)19-7-4-11-31-19)21(30)24-16-6-3-5-15(13-16)18-14-27-10-12-32-22(27)25-18/h3-14H,1-2H3,(H,24,30). The highest BCUT2D eigenvalue weighted by molar-refractivity contribution is 7.15. The van der Waals surface area contributed by atoms with E-state index < -0.39 is 5.54 Å². The maximum absolute atomic E-state index is 13.2. The molecule has 0 bridgehead atoms. The number of benzene rings is 1. The number of carbonyl (C=O) groups excluding carboxylic acids is 1. The van der Waals surface area contributed by atoms with Crippen LogP contribution in [-0.2, 0) is 10.3 Å². The Morgan fingerprint density at radius 1 is 1.03 bits per heavy atom. The number of imidazole rings is 1. The molecule has 5 rings (SSSR count). The van der Waals surface area contributed by atoms with Crippen molar-refractivity contribution in [1.82, 2.24) is 19.2 Å². The molecule has 7 nitrogen and oxygen atoms in total. The molecule has 5 aromatic rings. The van der Waals surface area contributed by atoms with E-state index in [1.807, 2.05) is 64.0 Å². The molecule has 0 aliphatic carbocycles. The van der Waals surface area contributed by atoms with Crippen LogP contribution >= 0.6 is 22.7 Å². The lowest BCUT2D eigenvalue weighted by molar-refractivity contribution is -0.123. The van der Waals surface area contributed by atoms with Gasteiger partial charge in [-0.15, -0.1) is 22.7 Å². The molecule has 0 radical (unpaired) electrons. The van der Waals surface area contributed by atoms with Gasteiger partial charge in [0.05, 0.1) is 10.6 Å². The summed E-state index contributed by atoms with van der Waals surface area (Å²) in [7, 11) is 0. The van der Waals surface area contributed by atoms with Gasteiger partial charge < -0.3 is 5.32 Å². The number of nitrogens with one attached hydrogen (secondary N) is 1. The second-order valence-corrected chi connectivity index (χ2v) is 9.58. The van der Waals surface area contributed by atoms with Crippen LogP contribution in [0.2, 0.25) is 0 Å². The Kier molecular flexibility index (Phi) is 4.99. The van der Waals surface area contributed by atoms with Crippen LogP contribution in [0.15, 0.2) is 76.5 Å². The maximum Gasteiger partial charge on any atom is 0.267 e. The molecule has 0 spiro atoms. The summed E-state index contributed by atoms with van der Waals surface area (Å²) in [5.41, 5.74) is 1.47. The first-order valence-corrected chi connectivity index (χ1v) is 11.7. The number of nitrogens with zero attached hydrogens (tertiary/aromatic N) is 4. The number of anilines is 1. The first-order valence-electron chi connectivity index (χ1n) is 9.91. The lowest BCUT2D eigenvalue weighted by atomic mass is 10.0. The van der Waals surface area contributed by atoms with Crippen LogP contribution in [0, 0.1) is 0 Å². The van der Waals surface area contributed by atoms with Crippen LogP contribution in [0.4, 0.5) is 5.69 Å². The first-order chi connectivity index (χ1) is 15.4. The van der Waals surface area contributed by atoms with Crippen molar-refractivity contribution in [3.05, 3.63) is 82.0 Å². The summed E-state index contributed by atoms with van der Waals surface area (Å²) in [5.74, 6) is -0.335. The van der Waals surface area contributed by atoms with Crippen molar-refractivity contribution in [3.63, 3.8) is 0 Å². The van der Waals surface area contributed by atoms with Gasteiger partial charge in [-0.3, -0.25) is 14.0 Å². The van der Waals surface area contributed by atoms with E-state index in [0.29, 0.717) is 11.4 Å². The van der Waals surface area contributed by atoms with Crippen LogP contribution in [0.25, 0.3) is 26.8 Å². The van der Waals surface area contributed by atoms with Gasteiger partial charge in [-0.25, -0.2) is 9.67 Å². The number of fused-ring (bicyclic) bond motifs is 1. The number of amides is 1. The molecule has 160 valence electrons. The number of rotatable bonds is 5. The normalized spacial score (nSPS) is 11.7. The molecule has 1 aromatic carbocycles. The Balaban J connectivity index is 1.43. The van der Waals surface area contributed by atoms with Crippen molar-refractivity contribution >= 4 is 39.2 Å². The molecule has 4 heterocycles. The fourth-order valence-electron chi connectivity index (χ4n) is 3.37. The minimum atomic E-state index is -1.20. The number of hydrogen-bond donors (Lipinski definition) is 1. The highest BCUT2D eigenvalue weighted by atomic mass is 32.1. The summed E-state index contributed by atoms with van der Waals surface area (Å²) < 4.78 is 3.21. The van der Waals surface area contributed by atoms with Gasteiger partial charge >= 0.3 is 0 Å². The average molecular weight is 462 g/mol. The summed E-state index contributed by atoms with van der Waals surface area (Å²) >= 11 is 3.09. The van der Waals surface area contributed by atoms with Gasteiger partial charge in [-0.2, -0.15) is 5.10 Å². The predicted molar refractivity (Wildman–Crippen MR) is 128 cm³/mol. The number of aromatic nitrogens is 4. The minimum absolute atomic E-state index is 0.335. The second-order valence-electron chi connectivity index (χ2n) is 7.76. The third kappa shape index (κ3) is 3.65. The quantitative estimate of drug-likeness (QED) is 0.411. The predicted octanol–water partition coefficient (Wildman–Crippen LogP) is 4.72. The van der Waals surface area contributed by atoms with Crippen molar-refractivity contribution < 1.29 is 4.79 Å². The number of thiophene rings is 1. The van der Waals surface area contributed by atoms with Crippen molar-refractivity contribution in [3.8, 4) is 21.8 Å². The van der Waals surface area contributed by atoms with Gasteiger partial charge in [0.15, 0.2) is 4.96 Å². The third-order valence-corrected chi connectivity index (χ3v) is 6.83. The average Bonchev–Trinajstić information content (AvgIpc) is 3.52. The Bertz CT molecular complexity index is 1450. The Morgan fingerprint density at radius 3 is 2.69 bits per heavy atom. The van der Waals surface area contributed by atoms with Gasteiger partial charge in [0.1, 0.15) is 11.2 Å². The third-order valence-electron chi connectivity index (χ3n) is 5.17. The van der Waals surface area contributed by atoms with E-state index in [9.17, 15) is 9.59 Å². The zero-order valence-electron chi connectivity index (χ0n) is 17.4. The molecule has 9 heteroatoms. The van der Waals surface area contributed by atoms with Gasteiger partial charge in [-0.1, -0.05) is 18.2 Å². The summed E-state index contributed by atoms with van der Waals surface area (Å²) in [5, 5.41) is 11.3. The molecule has 0 aliphatic heterocycles. The Labute approximate surface area is 191 Å². The van der Waals surface area contributed by atoms with E-state index in [4.69, 9.17) is 0 Å². The molecule has 0 saturated carbocycles. The van der Waals surface area contributed by atoms with E-state index in [1.165, 1.54) is 22.1 Å². The molecule has 0 unspecified atom stereocenters. The van der Waals surface area contributed by atoms with Gasteiger partial charge in [-0.05, 0) is 43.5 Å². The van der Waals surface area contributed by atoms with Crippen molar-refractivity contribution in [2.24, 2.45) is 0 Å². The molecule has 0 saturated heterocycles. The van der Waals surface area contributed by atoms with Crippen molar-refractivity contribution in [2.45, 2.75) is 19.4 Å². The largest absolute Gasteiger partial charge is 0.324 e. The summed E-state index contributed by atoms with van der Waals surface area (Å²) in [6, 6.07) is 14.5. The van der Waals surface area contributed by atoms with E-state index in [1.54, 1.807) is 31.3 Å². The molecule has 0 aliphatic rings. The van der Waals surface area contributed by atoms with Crippen LogP contribution in [0.5, 0.6) is 0 Å². The maximum atomic E-state index is 13.2. The van der Waals surface area contributed by atoms with E-state index >= 15 is 0 Å². The van der Waals surface area contributed by atoms with Gasteiger partial charge in [0.25, 0.3) is 11.5 Å². The van der Waals surface area contributed by atoms with Gasteiger partial charge in [0, 0.05) is 35.1 Å². The Hall–Kier alpha value is -3.56. The number of hydrogen-bond acceptors (Lipinski definition) is 6. The highest BCUT2D eigenvalue weighted by Gasteiger charge is 2.32. The van der Waals surface area contributed by atoms with Crippen LogP contribution < -0.4 is 10.9 Å². The van der Waals surface area contributed by atoms with E-state index in [2.05, 4.69) is 15.4 Å². The van der Waals surface area contributed by atoms with Gasteiger partial charge in [0.2, 0.25) is 0 Å². The fraction of sp³-hybridized carbons (Fsp3) is 0.130. The SMILES string of the molecule is CC(C)(C(=O)Nc1cccc(-c2cn3ccsc3n2)c1)n1nc(-c2cccs2)ccc1=O. The number of thiazole rings is 1. The molecule has 32 heavy (non-hydrogen) atoms. The topological polar surface area (TPSA) is 81.3 Å². The van der Waals surface area contributed by atoms with E-state index in [0.717, 1.165) is 21.1 Å². The fourth-order valence-corrected chi connectivity index (χ4v) is 4.76.